The zero-order valence-electron chi connectivity index (χ0n) is 18.8. The van der Waals surface area contributed by atoms with Gasteiger partial charge in [-0.3, -0.25) is 9.59 Å². The molecule has 1 aromatic heterocycles. The van der Waals surface area contributed by atoms with Crippen LogP contribution in [0.3, 0.4) is 0 Å². The minimum absolute atomic E-state index is 0.209. The summed E-state index contributed by atoms with van der Waals surface area (Å²) in [6.45, 7) is 3.40. The molecule has 6 nitrogen and oxygen atoms in total. The number of nitrogens with one attached hydrogen (secondary N) is 1. The number of hydrogen-bond donors (Lipinski definition) is 1. The Morgan fingerprint density at radius 1 is 1.18 bits per heavy atom. The molecule has 0 radical (unpaired) electrons. The van der Waals surface area contributed by atoms with E-state index in [4.69, 9.17) is 11.6 Å². The molecule has 2 aliphatic rings. The summed E-state index contributed by atoms with van der Waals surface area (Å²) < 4.78 is 0. The van der Waals surface area contributed by atoms with Crippen molar-refractivity contribution >= 4 is 58.4 Å². The van der Waals surface area contributed by atoms with Crippen molar-refractivity contribution in [2.75, 3.05) is 54.2 Å². The van der Waals surface area contributed by atoms with Crippen molar-refractivity contribution in [2.45, 2.75) is 24.2 Å². The lowest BCUT2D eigenvalue weighted by molar-refractivity contribution is -0.132. The molecule has 0 saturated carbocycles. The van der Waals surface area contributed by atoms with Crippen LogP contribution < -0.4 is 10.2 Å². The van der Waals surface area contributed by atoms with E-state index in [-0.39, 0.29) is 5.91 Å². The number of hydrogen-bond acceptors (Lipinski definition) is 6. The minimum atomic E-state index is -0.209. The molecule has 176 valence electrons. The highest BCUT2D eigenvalue weighted by atomic mass is 35.5. The van der Waals surface area contributed by atoms with Crippen molar-refractivity contribution in [2.24, 2.45) is 5.92 Å². The summed E-state index contributed by atoms with van der Waals surface area (Å²) >= 11 is 9.57. The van der Waals surface area contributed by atoms with Gasteiger partial charge in [0.25, 0.3) is 5.91 Å². The summed E-state index contributed by atoms with van der Waals surface area (Å²) in [5.74, 6) is 3.36. The van der Waals surface area contributed by atoms with Gasteiger partial charge in [0.2, 0.25) is 5.91 Å². The summed E-state index contributed by atoms with van der Waals surface area (Å²) in [7, 11) is 0. The summed E-state index contributed by atoms with van der Waals surface area (Å²) in [6, 6.07) is 8.89. The molecule has 2 fully saturated rings. The topological polar surface area (TPSA) is 65.5 Å². The molecule has 3 heterocycles. The average molecular weight is 505 g/mol. The van der Waals surface area contributed by atoms with Crippen LogP contribution in [0.1, 0.15) is 29.6 Å². The van der Waals surface area contributed by atoms with E-state index >= 15 is 0 Å². The summed E-state index contributed by atoms with van der Waals surface area (Å²) in [5.41, 5.74) is 1.21. The number of thioether (sulfide) groups is 2. The van der Waals surface area contributed by atoms with E-state index in [9.17, 15) is 9.59 Å². The fraction of sp³-hybridized carbons (Fsp3) is 0.458. The first-order valence-electron chi connectivity index (χ1n) is 11.2. The monoisotopic (exact) mass is 504 g/mol. The first-order chi connectivity index (χ1) is 16.0. The smallest absolute Gasteiger partial charge is 0.255 e. The van der Waals surface area contributed by atoms with E-state index in [1.807, 2.05) is 35.2 Å². The maximum atomic E-state index is 12.9. The van der Waals surface area contributed by atoms with E-state index in [2.05, 4.69) is 15.2 Å². The van der Waals surface area contributed by atoms with Crippen LogP contribution in [0.4, 0.5) is 11.5 Å². The number of halogens is 1. The normalized spacial score (nSPS) is 17.2. The van der Waals surface area contributed by atoms with Crippen LogP contribution in [-0.4, -0.2) is 65.6 Å². The van der Waals surface area contributed by atoms with Crippen LogP contribution in [0.5, 0.6) is 0 Å². The highest BCUT2D eigenvalue weighted by Gasteiger charge is 2.26. The second-order valence-corrected chi connectivity index (χ2v) is 10.9. The Labute approximate surface area is 208 Å². The van der Waals surface area contributed by atoms with Crippen LogP contribution >= 0.6 is 35.1 Å². The predicted octanol–water partition coefficient (Wildman–Crippen LogP) is 4.89. The van der Waals surface area contributed by atoms with Crippen LogP contribution in [0.25, 0.3) is 0 Å². The van der Waals surface area contributed by atoms with Gasteiger partial charge in [-0.25, -0.2) is 4.98 Å². The molecule has 2 amide bonds. The predicted molar refractivity (Wildman–Crippen MR) is 139 cm³/mol. The van der Waals surface area contributed by atoms with Gasteiger partial charge >= 0.3 is 0 Å². The molecule has 0 spiro atoms. The number of carbonyl (C=O) groups excluding carboxylic acids is 2. The Morgan fingerprint density at radius 3 is 2.64 bits per heavy atom. The number of anilines is 2. The number of amides is 2. The summed E-state index contributed by atoms with van der Waals surface area (Å²) in [4.78, 5) is 35.4. The molecule has 2 aromatic rings. The van der Waals surface area contributed by atoms with Crippen molar-refractivity contribution in [3.8, 4) is 0 Å². The van der Waals surface area contributed by atoms with Crippen molar-refractivity contribution in [3.05, 3.63) is 47.1 Å². The Morgan fingerprint density at radius 2 is 1.94 bits per heavy atom. The maximum Gasteiger partial charge on any atom is 0.255 e. The standard InChI is InChI=1S/C24H29ClN4O2S2/c1-32-20-15-21(27-24(31)18-3-2-4-19(25)14-18)23(26-16-20)29-7-5-17(6-8-29)13-22(30)28-9-11-33-12-10-28/h2-4,14-17H,5-13H2,1H3,(H,27,31). The van der Waals surface area contributed by atoms with Gasteiger partial charge in [0.15, 0.2) is 5.82 Å². The minimum Gasteiger partial charge on any atom is -0.355 e. The molecule has 33 heavy (non-hydrogen) atoms. The van der Waals surface area contributed by atoms with Gasteiger partial charge in [0.1, 0.15) is 0 Å². The Bertz CT molecular complexity index is 992. The third kappa shape index (κ3) is 6.37. The molecule has 9 heteroatoms. The van der Waals surface area contributed by atoms with E-state index in [1.165, 1.54) is 0 Å². The zero-order valence-corrected chi connectivity index (χ0v) is 21.1. The van der Waals surface area contributed by atoms with E-state index in [1.54, 1.807) is 36.0 Å². The van der Waals surface area contributed by atoms with Gasteiger partial charge in [0, 0.05) is 65.8 Å². The fourth-order valence-corrected chi connectivity index (χ4v) is 5.74. The maximum absolute atomic E-state index is 12.9. The van der Waals surface area contributed by atoms with Crippen molar-refractivity contribution in [1.29, 1.82) is 0 Å². The molecule has 0 bridgehead atoms. The summed E-state index contributed by atoms with van der Waals surface area (Å²) in [5, 5.41) is 3.56. The number of pyridine rings is 1. The van der Waals surface area contributed by atoms with Crippen LogP contribution in [0.15, 0.2) is 41.4 Å². The number of rotatable bonds is 6. The van der Waals surface area contributed by atoms with Gasteiger partial charge in [0.05, 0.1) is 5.69 Å². The molecular formula is C24H29ClN4O2S2. The molecular weight excluding hydrogens is 476 g/mol. The Balaban J connectivity index is 1.41. The molecule has 0 aliphatic carbocycles. The van der Waals surface area contributed by atoms with E-state index < -0.39 is 0 Å². The lowest BCUT2D eigenvalue weighted by atomic mass is 9.93. The number of nitrogens with zero attached hydrogens (tertiary/aromatic N) is 3. The lowest BCUT2D eigenvalue weighted by Gasteiger charge is -2.35. The molecule has 0 atom stereocenters. The van der Waals surface area contributed by atoms with E-state index in [0.29, 0.717) is 34.5 Å². The second kappa shape index (κ2) is 11.5. The van der Waals surface area contributed by atoms with Crippen molar-refractivity contribution in [1.82, 2.24) is 9.88 Å². The van der Waals surface area contributed by atoms with Gasteiger partial charge in [-0.05, 0) is 49.3 Å². The quantitative estimate of drug-likeness (QED) is 0.565. The second-order valence-electron chi connectivity index (χ2n) is 8.34. The zero-order chi connectivity index (χ0) is 23.2. The van der Waals surface area contributed by atoms with Crippen LogP contribution in [0.2, 0.25) is 5.02 Å². The molecule has 2 saturated heterocycles. The highest BCUT2D eigenvalue weighted by Crippen LogP contribution is 2.32. The third-order valence-electron chi connectivity index (χ3n) is 6.15. The van der Waals surface area contributed by atoms with Crippen LogP contribution in [0, 0.1) is 5.92 Å². The third-order valence-corrected chi connectivity index (χ3v) is 8.03. The number of aromatic nitrogens is 1. The number of carbonyl (C=O) groups is 2. The van der Waals surface area contributed by atoms with Crippen molar-refractivity contribution in [3.63, 3.8) is 0 Å². The molecule has 4 rings (SSSR count). The number of piperidine rings is 1. The van der Waals surface area contributed by atoms with Crippen LogP contribution in [-0.2, 0) is 4.79 Å². The van der Waals surface area contributed by atoms with Gasteiger partial charge in [-0.15, -0.1) is 11.8 Å². The summed E-state index contributed by atoms with van der Waals surface area (Å²) in [6.07, 6.45) is 6.36. The first kappa shape index (κ1) is 24.2. The fourth-order valence-electron chi connectivity index (χ4n) is 4.26. The molecule has 0 unspecified atom stereocenters. The Kier molecular flexibility index (Phi) is 8.44. The first-order valence-corrected chi connectivity index (χ1v) is 14.0. The molecule has 1 N–H and O–H groups in total. The Hall–Kier alpha value is -1.90. The SMILES string of the molecule is CSc1cnc(N2CCC(CC(=O)N3CCSCC3)CC2)c(NC(=O)c2cccc(Cl)c2)c1. The lowest BCUT2D eigenvalue weighted by Crippen LogP contribution is -2.41. The van der Waals surface area contributed by atoms with E-state index in [0.717, 1.165) is 61.2 Å². The highest BCUT2D eigenvalue weighted by molar-refractivity contribution is 7.99. The molecule has 2 aliphatic heterocycles. The number of benzene rings is 1. The average Bonchev–Trinajstić information content (AvgIpc) is 2.85. The van der Waals surface area contributed by atoms with Gasteiger partial charge < -0.3 is 15.1 Å². The van der Waals surface area contributed by atoms with Gasteiger partial charge in [-0.1, -0.05) is 17.7 Å². The van der Waals surface area contributed by atoms with Crippen molar-refractivity contribution < 1.29 is 9.59 Å². The van der Waals surface area contributed by atoms with Gasteiger partial charge in [-0.2, -0.15) is 11.8 Å². The largest absolute Gasteiger partial charge is 0.355 e. The molecule has 1 aromatic carbocycles.